The maximum Gasteiger partial charge on any atom is 0.226 e. The van der Waals surface area contributed by atoms with Gasteiger partial charge in [0.05, 0.1) is 0 Å². The third kappa shape index (κ3) is 7.23. The largest absolute Gasteiger partial charge is 0.332 e. The molecule has 0 spiro atoms. The predicted molar refractivity (Wildman–Crippen MR) is 93.7 cm³/mol. The Bertz CT molecular complexity index is 486. The second-order valence-corrected chi connectivity index (χ2v) is 5.89. The molecule has 0 bridgehead atoms. The number of benzene rings is 1. The van der Waals surface area contributed by atoms with E-state index >= 15 is 0 Å². The molecule has 0 atom stereocenters. The van der Waals surface area contributed by atoms with Crippen molar-refractivity contribution in [2.75, 3.05) is 5.32 Å². The average molecular weight is 306 g/mol. The van der Waals surface area contributed by atoms with Crippen LogP contribution in [0.2, 0.25) is 0 Å². The fourth-order valence-corrected chi connectivity index (χ4v) is 2.33. The molecule has 0 aliphatic rings. The normalized spacial score (nSPS) is 10.2. The Morgan fingerprint density at radius 3 is 2.57 bits per heavy atom. The molecule has 0 radical (unpaired) electrons. The number of nitrogens with one attached hydrogen (secondary N) is 2. The van der Waals surface area contributed by atoms with Crippen molar-refractivity contribution in [3.05, 3.63) is 29.3 Å². The van der Waals surface area contributed by atoms with E-state index in [1.165, 1.54) is 19.3 Å². The number of carbonyl (C=O) groups is 1. The van der Waals surface area contributed by atoms with E-state index in [2.05, 4.69) is 23.6 Å². The molecular formula is C17H26N2OS. The Morgan fingerprint density at radius 1 is 1.14 bits per heavy atom. The molecule has 21 heavy (non-hydrogen) atoms. The zero-order valence-corrected chi connectivity index (χ0v) is 14.1. The van der Waals surface area contributed by atoms with Gasteiger partial charge in [0.25, 0.3) is 0 Å². The SMILES string of the molecule is CCCCCCCC(=O)NC(=S)Nc1cc(C)ccc1C. The molecule has 0 saturated heterocycles. The highest BCUT2D eigenvalue weighted by atomic mass is 32.1. The van der Waals surface area contributed by atoms with Crippen LogP contribution in [0.5, 0.6) is 0 Å². The lowest BCUT2D eigenvalue weighted by molar-refractivity contribution is -0.119. The summed E-state index contributed by atoms with van der Waals surface area (Å²) in [5.74, 6) is -0.00527. The number of aryl methyl sites for hydroxylation is 2. The summed E-state index contributed by atoms with van der Waals surface area (Å²) >= 11 is 5.19. The van der Waals surface area contributed by atoms with Gasteiger partial charge >= 0.3 is 0 Å². The number of hydrogen-bond donors (Lipinski definition) is 2. The molecule has 1 aromatic rings. The Morgan fingerprint density at radius 2 is 1.86 bits per heavy atom. The van der Waals surface area contributed by atoms with Gasteiger partial charge in [0, 0.05) is 12.1 Å². The van der Waals surface area contributed by atoms with Crippen molar-refractivity contribution in [3.8, 4) is 0 Å². The van der Waals surface area contributed by atoms with Gasteiger partial charge in [0.1, 0.15) is 0 Å². The fraction of sp³-hybridized carbons (Fsp3) is 0.529. The number of thiocarbonyl (C=S) groups is 1. The topological polar surface area (TPSA) is 41.1 Å². The summed E-state index contributed by atoms with van der Waals surface area (Å²) in [7, 11) is 0. The molecule has 0 saturated carbocycles. The monoisotopic (exact) mass is 306 g/mol. The second kappa shape index (κ2) is 9.50. The molecular weight excluding hydrogens is 280 g/mol. The standard InChI is InChI=1S/C17H26N2OS/c1-4-5-6-7-8-9-16(20)19-17(21)18-15-12-13(2)10-11-14(15)3/h10-12H,4-9H2,1-3H3,(H2,18,19,20,21). The highest BCUT2D eigenvalue weighted by Gasteiger charge is 2.06. The third-order valence-corrected chi connectivity index (χ3v) is 3.61. The van der Waals surface area contributed by atoms with Gasteiger partial charge in [-0.3, -0.25) is 4.79 Å². The Hall–Kier alpha value is -1.42. The summed E-state index contributed by atoms with van der Waals surface area (Å²) in [4.78, 5) is 11.8. The van der Waals surface area contributed by atoms with Crippen LogP contribution in [0.4, 0.5) is 5.69 Å². The van der Waals surface area contributed by atoms with Crippen molar-refractivity contribution < 1.29 is 4.79 Å². The molecule has 3 nitrogen and oxygen atoms in total. The van der Waals surface area contributed by atoms with Crippen molar-refractivity contribution in [1.29, 1.82) is 0 Å². The van der Waals surface area contributed by atoms with Crippen molar-refractivity contribution in [2.45, 2.75) is 59.3 Å². The minimum Gasteiger partial charge on any atom is -0.332 e. The van der Waals surface area contributed by atoms with Crippen LogP contribution < -0.4 is 10.6 Å². The van der Waals surface area contributed by atoms with E-state index in [0.29, 0.717) is 11.5 Å². The maximum atomic E-state index is 11.8. The minimum absolute atomic E-state index is 0.00527. The van der Waals surface area contributed by atoms with Crippen molar-refractivity contribution in [2.24, 2.45) is 0 Å². The maximum absolute atomic E-state index is 11.8. The lowest BCUT2D eigenvalue weighted by Gasteiger charge is -2.12. The molecule has 1 amide bonds. The molecule has 1 aromatic carbocycles. The van der Waals surface area contributed by atoms with E-state index in [1.54, 1.807) is 0 Å². The van der Waals surface area contributed by atoms with Crippen molar-refractivity contribution >= 4 is 28.9 Å². The molecule has 0 unspecified atom stereocenters. The summed E-state index contributed by atoms with van der Waals surface area (Å²) < 4.78 is 0. The lowest BCUT2D eigenvalue weighted by atomic mass is 10.1. The molecule has 1 rings (SSSR count). The first-order valence-electron chi connectivity index (χ1n) is 7.71. The van der Waals surface area contributed by atoms with Crippen molar-refractivity contribution in [1.82, 2.24) is 5.32 Å². The fourth-order valence-electron chi connectivity index (χ4n) is 2.10. The Labute approximate surface area is 133 Å². The van der Waals surface area contributed by atoms with E-state index in [9.17, 15) is 4.79 Å². The van der Waals surface area contributed by atoms with Crippen LogP contribution in [0.1, 0.15) is 56.6 Å². The summed E-state index contributed by atoms with van der Waals surface area (Å²) in [5.41, 5.74) is 3.22. The van der Waals surface area contributed by atoms with Gasteiger partial charge in [-0.05, 0) is 49.7 Å². The first-order chi connectivity index (χ1) is 10.0. The number of amides is 1. The van der Waals surface area contributed by atoms with Gasteiger partial charge in [-0.1, -0.05) is 44.7 Å². The molecule has 116 valence electrons. The van der Waals surface area contributed by atoms with E-state index in [1.807, 2.05) is 26.0 Å². The van der Waals surface area contributed by atoms with Gasteiger partial charge in [0.2, 0.25) is 5.91 Å². The lowest BCUT2D eigenvalue weighted by Crippen LogP contribution is -2.34. The third-order valence-electron chi connectivity index (χ3n) is 3.40. The summed E-state index contributed by atoms with van der Waals surface area (Å²) in [6.07, 6.45) is 6.24. The van der Waals surface area contributed by atoms with Crippen LogP contribution in [-0.4, -0.2) is 11.0 Å². The van der Waals surface area contributed by atoms with Crippen LogP contribution in [0.25, 0.3) is 0 Å². The summed E-state index contributed by atoms with van der Waals surface area (Å²) in [6.45, 7) is 6.23. The predicted octanol–water partition coefficient (Wildman–Crippen LogP) is 4.48. The average Bonchev–Trinajstić information content (AvgIpc) is 2.42. The molecule has 0 heterocycles. The number of hydrogen-bond acceptors (Lipinski definition) is 2. The van der Waals surface area contributed by atoms with E-state index < -0.39 is 0 Å². The quantitative estimate of drug-likeness (QED) is 0.576. The van der Waals surface area contributed by atoms with Gasteiger partial charge in [0.15, 0.2) is 5.11 Å². The Balaban J connectivity index is 2.32. The van der Waals surface area contributed by atoms with Crippen LogP contribution in [0.3, 0.4) is 0 Å². The second-order valence-electron chi connectivity index (χ2n) is 5.48. The molecule has 4 heteroatoms. The minimum atomic E-state index is -0.00527. The molecule has 0 fully saturated rings. The zero-order chi connectivity index (χ0) is 15.7. The first kappa shape index (κ1) is 17.6. The highest BCUT2D eigenvalue weighted by Crippen LogP contribution is 2.16. The number of unbranched alkanes of at least 4 members (excludes halogenated alkanes) is 4. The van der Waals surface area contributed by atoms with Crippen LogP contribution >= 0.6 is 12.2 Å². The highest BCUT2D eigenvalue weighted by molar-refractivity contribution is 7.80. The van der Waals surface area contributed by atoms with E-state index in [0.717, 1.165) is 29.7 Å². The Kier molecular flexibility index (Phi) is 7.98. The molecule has 0 aliphatic carbocycles. The van der Waals surface area contributed by atoms with Crippen molar-refractivity contribution in [3.63, 3.8) is 0 Å². The van der Waals surface area contributed by atoms with E-state index in [-0.39, 0.29) is 5.91 Å². The summed E-state index contributed by atoms with van der Waals surface area (Å²) in [6, 6.07) is 6.12. The van der Waals surface area contributed by atoms with Gasteiger partial charge < -0.3 is 10.6 Å². The van der Waals surface area contributed by atoms with Gasteiger partial charge in [-0.15, -0.1) is 0 Å². The zero-order valence-electron chi connectivity index (χ0n) is 13.3. The molecule has 0 aromatic heterocycles. The molecule has 2 N–H and O–H groups in total. The van der Waals surface area contributed by atoms with Gasteiger partial charge in [-0.2, -0.15) is 0 Å². The number of carbonyl (C=O) groups excluding carboxylic acids is 1. The number of rotatable bonds is 7. The smallest absolute Gasteiger partial charge is 0.226 e. The molecule has 0 aliphatic heterocycles. The van der Waals surface area contributed by atoms with E-state index in [4.69, 9.17) is 12.2 Å². The van der Waals surface area contributed by atoms with Crippen LogP contribution in [-0.2, 0) is 4.79 Å². The summed E-state index contributed by atoms with van der Waals surface area (Å²) in [5, 5.41) is 6.22. The van der Waals surface area contributed by atoms with Crippen LogP contribution in [0.15, 0.2) is 18.2 Å². The number of anilines is 1. The van der Waals surface area contributed by atoms with Crippen LogP contribution in [0, 0.1) is 13.8 Å². The van der Waals surface area contributed by atoms with Gasteiger partial charge in [-0.25, -0.2) is 0 Å². The first-order valence-corrected chi connectivity index (χ1v) is 8.12.